The van der Waals surface area contributed by atoms with Crippen molar-refractivity contribution in [2.75, 3.05) is 0 Å². The van der Waals surface area contributed by atoms with Gasteiger partial charge in [0.2, 0.25) is 5.78 Å². The molecule has 0 spiro atoms. The maximum absolute atomic E-state index is 12.0. The molecule has 23 heavy (non-hydrogen) atoms. The number of benzene rings is 1. The number of carbonyl (C=O) groups excluding carboxylic acids is 1. The van der Waals surface area contributed by atoms with Crippen LogP contribution in [0, 0.1) is 5.92 Å². The van der Waals surface area contributed by atoms with Crippen LogP contribution in [0.4, 0.5) is 0 Å². The van der Waals surface area contributed by atoms with Gasteiger partial charge in [0.25, 0.3) is 0 Å². The zero-order valence-electron chi connectivity index (χ0n) is 14.3. The van der Waals surface area contributed by atoms with Crippen molar-refractivity contribution in [1.82, 2.24) is 5.32 Å². The van der Waals surface area contributed by atoms with Crippen molar-refractivity contribution in [3.05, 3.63) is 30.0 Å². The Morgan fingerprint density at radius 3 is 2.61 bits per heavy atom. The summed E-state index contributed by atoms with van der Waals surface area (Å²) in [6.45, 7) is 8.08. The summed E-state index contributed by atoms with van der Waals surface area (Å²) < 4.78 is 11.7. The highest BCUT2D eigenvalue weighted by atomic mass is 16.5. The first-order valence-electron chi connectivity index (χ1n) is 8.43. The Morgan fingerprint density at radius 2 is 1.96 bits per heavy atom. The molecule has 0 bridgehead atoms. The van der Waals surface area contributed by atoms with Crippen LogP contribution in [-0.4, -0.2) is 24.0 Å². The molecule has 1 aliphatic rings. The van der Waals surface area contributed by atoms with E-state index in [4.69, 9.17) is 9.15 Å². The van der Waals surface area contributed by atoms with E-state index in [0.29, 0.717) is 23.4 Å². The molecular formula is C19H25NO3. The Hall–Kier alpha value is -1.81. The van der Waals surface area contributed by atoms with Gasteiger partial charge in [-0.15, -0.1) is 0 Å². The molecule has 0 atom stereocenters. The number of hydrogen-bond donors (Lipinski definition) is 1. The molecule has 1 aliphatic carbocycles. The monoisotopic (exact) mass is 315 g/mol. The molecule has 2 aromatic rings. The highest BCUT2D eigenvalue weighted by molar-refractivity contribution is 5.98. The average Bonchev–Trinajstić information content (AvgIpc) is 2.86. The molecule has 1 N–H and O–H groups in total. The lowest BCUT2D eigenvalue weighted by Gasteiger charge is -2.37. The summed E-state index contributed by atoms with van der Waals surface area (Å²) in [7, 11) is 0. The van der Waals surface area contributed by atoms with Crippen molar-refractivity contribution >= 4 is 16.8 Å². The van der Waals surface area contributed by atoms with Crippen LogP contribution in [0.2, 0.25) is 0 Å². The second-order valence-electron chi connectivity index (χ2n) is 7.06. The van der Waals surface area contributed by atoms with Crippen LogP contribution >= 0.6 is 0 Å². The van der Waals surface area contributed by atoms with Crippen LogP contribution in [0.1, 0.15) is 51.1 Å². The van der Waals surface area contributed by atoms with Crippen LogP contribution < -0.4 is 10.1 Å². The van der Waals surface area contributed by atoms with E-state index in [9.17, 15) is 4.79 Å². The average molecular weight is 315 g/mol. The van der Waals surface area contributed by atoms with Gasteiger partial charge in [-0.3, -0.25) is 4.79 Å². The maximum atomic E-state index is 12.0. The molecule has 0 amide bonds. The van der Waals surface area contributed by atoms with Gasteiger partial charge in [0.05, 0.1) is 0 Å². The van der Waals surface area contributed by atoms with Crippen molar-refractivity contribution in [2.24, 2.45) is 5.92 Å². The quantitative estimate of drug-likeness (QED) is 0.813. The molecule has 1 saturated carbocycles. The third-order valence-corrected chi connectivity index (χ3v) is 4.23. The number of hydrogen-bond acceptors (Lipinski definition) is 4. The van der Waals surface area contributed by atoms with E-state index in [1.807, 2.05) is 38.1 Å². The zero-order chi connectivity index (χ0) is 16.6. The summed E-state index contributed by atoms with van der Waals surface area (Å²) >= 11 is 0. The predicted octanol–water partition coefficient (Wildman–Crippen LogP) is 4.18. The molecule has 0 unspecified atom stereocenters. The molecule has 4 heteroatoms. The Balaban J connectivity index is 1.66. The maximum Gasteiger partial charge on any atom is 0.200 e. The third kappa shape index (κ3) is 3.58. The van der Waals surface area contributed by atoms with Gasteiger partial charge in [-0.25, -0.2) is 0 Å². The predicted molar refractivity (Wildman–Crippen MR) is 91.1 cm³/mol. The lowest BCUT2D eigenvalue weighted by Crippen LogP contribution is -2.49. The van der Waals surface area contributed by atoms with E-state index in [-0.39, 0.29) is 17.8 Å². The fourth-order valence-corrected chi connectivity index (χ4v) is 2.95. The van der Waals surface area contributed by atoms with Crippen molar-refractivity contribution in [3.8, 4) is 5.75 Å². The van der Waals surface area contributed by atoms with Gasteiger partial charge >= 0.3 is 0 Å². The Kier molecular flexibility index (Phi) is 4.44. The molecule has 1 fully saturated rings. The van der Waals surface area contributed by atoms with E-state index in [2.05, 4.69) is 19.2 Å². The number of fused-ring (bicyclic) bond motifs is 1. The molecular weight excluding hydrogens is 290 g/mol. The van der Waals surface area contributed by atoms with E-state index in [1.54, 1.807) is 0 Å². The fourth-order valence-electron chi connectivity index (χ4n) is 2.95. The number of carbonyl (C=O) groups is 1. The van der Waals surface area contributed by atoms with Crippen molar-refractivity contribution < 1.29 is 13.9 Å². The summed E-state index contributed by atoms with van der Waals surface area (Å²) in [5.74, 6) is 1.21. The van der Waals surface area contributed by atoms with Crippen LogP contribution in [0.3, 0.4) is 0 Å². The summed E-state index contributed by atoms with van der Waals surface area (Å²) in [5, 5.41) is 4.45. The van der Waals surface area contributed by atoms with Gasteiger partial charge in [-0.2, -0.15) is 0 Å². The first kappa shape index (κ1) is 16.1. The minimum atomic E-state index is -0.0633. The summed E-state index contributed by atoms with van der Waals surface area (Å²) in [5.41, 5.74) is 0.711. The number of nitrogens with one attached hydrogen (secondary N) is 1. The van der Waals surface area contributed by atoms with Gasteiger partial charge in [0, 0.05) is 29.5 Å². The Morgan fingerprint density at radius 1 is 1.22 bits per heavy atom. The number of furan rings is 1. The summed E-state index contributed by atoms with van der Waals surface area (Å²) in [6, 6.07) is 8.67. The molecule has 1 heterocycles. The van der Waals surface area contributed by atoms with Crippen molar-refractivity contribution in [1.29, 1.82) is 0 Å². The van der Waals surface area contributed by atoms with Gasteiger partial charge in [-0.05, 0) is 31.0 Å². The van der Waals surface area contributed by atoms with Gasteiger partial charge < -0.3 is 14.5 Å². The normalized spacial score (nSPS) is 21.0. The summed E-state index contributed by atoms with van der Waals surface area (Å²) in [4.78, 5) is 12.0. The van der Waals surface area contributed by atoms with E-state index < -0.39 is 0 Å². The first-order chi connectivity index (χ1) is 10.9. The zero-order valence-corrected chi connectivity index (χ0v) is 14.3. The molecule has 3 rings (SSSR count). The fraction of sp³-hybridized carbons (Fsp3) is 0.526. The smallest absolute Gasteiger partial charge is 0.200 e. The minimum absolute atomic E-state index is 0.0327. The van der Waals surface area contributed by atoms with Crippen LogP contribution in [-0.2, 0) is 0 Å². The molecule has 4 nitrogen and oxygen atoms in total. The van der Waals surface area contributed by atoms with E-state index in [0.717, 1.165) is 24.0 Å². The molecule has 1 aromatic carbocycles. The summed E-state index contributed by atoms with van der Waals surface area (Å²) in [6.07, 6.45) is 2.33. The lowest BCUT2D eigenvalue weighted by atomic mass is 9.88. The second-order valence-corrected chi connectivity index (χ2v) is 7.06. The highest BCUT2D eigenvalue weighted by Gasteiger charge is 2.31. The van der Waals surface area contributed by atoms with Gasteiger partial charge in [0.15, 0.2) is 5.76 Å². The highest BCUT2D eigenvalue weighted by Crippen LogP contribution is 2.30. The Labute approximate surface area is 137 Å². The van der Waals surface area contributed by atoms with Crippen molar-refractivity contribution in [3.63, 3.8) is 0 Å². The second kappa shape index (κ2) is 6.36. The van der Waals surface area contributed by atoms with E-state index in [1.165, 1.54) is 0 Å². The van der Waals surface area contributed by atoms with Crippen LogP contribution in [0.5, 0.6) is 5.75 Å². The van der Waals surface area contributed by atoms with Crippen molar-refractivity contribution in [2.45, 2.75) is 58.7 Å². The molecule has 0 saturated heterocycles. The molecule has 0 radical (unpaired) electrons. The number of ketones is 1. The van der Waals surface area contributed by atoms with Gasteiger partial charge in [-0.1, -0.05) is 27.7 Å². The van der Waals surface area contributed by atoms with Crippen LogP contribution in [0.25, 0.3) is 11.0 Å². The standard InChI is InChI=1S/C19H25NO3/c1-11(2)19(21)18-7-13-5-6-15(10-17(13)23-18)22-16-8-14(9-16)20-12(3)4/h5-7,10-12,14,16,20H,8-9H2,1-4H3/t14-,16+. The Bertz CT molecular complexity index is 696. The minimum Gasteiger partial charge on any atom is -0.490 e. The van der Waals surface area contributed by atoms with E-state index >= 15 is 0 Å². The molecule has 1 aromatic heterocycles. The van der Waals surface area contributed by atoms with Crippen LogP contribution in [0.15, 0.2) is 28.7 Å². The lowest BCUT2D eigenvalue weighted by molar-refractivity contribution is 0.0815. The molecule has 0 aliphatic heterocycles. The number of ether oxygens (including phenoxy) is 1. The third-order valence-electron chi connectivity index (χ3n) is 4.23. The number of rotatable bonds is 6. The SMILES string of the molecule is CC(C)N[C@H]1C[C@@H](Oc2ccc3cc(C(=O)C(C)C)oc3c2)C1. The number of Topliss-reactive ketones (excluding diaryl/α,β-unsaturated/α-hetero) is 1. The van der Waals surface area contributed by atoms with Gasteiger partial charge in [0.1, 0.15) is 17.4 Å². The largest absolute Gasteiger partial charge is 0.490 e. The molecule has 124 valence electrons. The first-order valence-corrected chi connectivity index (χ1v) is 8.43. The topological polar surface area (TPSA) is 51.5 Å².